The fourth-order valence-corrected chi connectivity index (χ4v) is 5.80. The molecular formula is C24H27Cl2N3S. The highest BCUT2D eigenvalue weighted by molar-refractivity contribution is 7.10. The molecule has 0 fully saturated rings. The number of halogens is 2. The summed E-state index contributed by atoms with van der Waals surface area (Å²) < 4.78 is 0. The number of hydrogen-bond acceptors (Lipinski definition) is 4. The molecule has 1 N–H and O–H groups in total. The Labute approximate surface area is 192 Å². The molecule has 1 aromatic carbocycles. The van der Waals surface area contributed by atoms with Crippen LogP contribution in [0.4, 0.5) is 5.82 Å². The van der Waals surface area contributed by atoms with Crippen molar-refractivity contribution in [3.05, 3.63) is 61.5 Å². The maximum Gasteiger partial charge on any atom is 0.148 e. The van der Waals surface area contributed by atoms with Crippen molar-refractivity contribution in [2.75, 3.05) is 5.32 Å². The summed E-state index contributed by atoms with van der Waals surface area (Å²) in [5.74, 6) is 1.51. The predicted molar refractivity (Wildman–Crippen MR) is 129 cm³/mol. The summed E-state index contributed by atoms with van der Waals surface area (Å²) in [7, 11) is 0. The molecular weight excluding hydrogens is 433 g/mol. The highest BCUT2D eigenvalue weighted by Crippen LogP contribution is 2.41. The molecule has 1 aliphatic carbocycles. The third kappa shape index (κ3) is 4.10. The molecule has 0 radical (unpaired) electrons. The topological polar surface area (TPSA) is 37.8 Å². The van der Waals surface area contributed by atoms with E-state index < -0.39 is 0 Å². The van der Waals surface area contributed by atoms with Crippen molar-refractivity contribution >= 4 is 40.4 Å². The average Bonchev–Trinajstić information content (AvgIpc) is 3.23. The van der Waals surface area contributed by atoms with Gasteiger partial charge in [-0.15, -0.1) is 11.3 Å². The molecule has 0 unspecified atom stereocenters. The monoisotopic (exact) mass is 459 g/mol. The van der Waals surface area contributed by atoms with Crippen molar-refractivity contribution < 1.29 is 0 Å². The van der Waals surface area contributed by atoms with E-state index in [1.807, 2.05) is 23.5 Å². The Hall–Kier alpha value is -1.62. The number of rotatable bonds is 6. The van der Waals surface area contributed by atoms with Gasteiger partial charge in [-0.1, -0.05) is 50.4 Å². The van der Waals surface area contributed by atoms with E-state index in [-0.39, 0.29) is 0 Å². The van der Waals surface area contributed by atoms with E-state index in [0.717, 1.165) is 47.7 Å². The summed E-state index contributed by atoms with van der Waals surface area (Å²) in [4.78, 5) is 11.6. The second kappa shape index (κ2) is 9.25. The van der Waals surface area contributed by atoms with E-state index in [1.54, 1.807) is 6.07 Å². The first-order chi connectivity index (χ1) is 14.5. The lowest BCUT2D eigenvalue weighted by atomic mass is 9.82. The molecule has 2 aromatic heterocycles. The second-order valence-corrected chi connectivity index (χ2v) is 9.62. The van der Waals surface area contributed by atoms with Gasteiger partial charge < -0.3 is 5.32 Å². The van der Waals surface area contributed by atoms with Crippen molar-refractivity contribution in [1.29, 1.82) is 0 Å². The Bertz CT molecular complexity index is 1050. The van der Waals surface area contributed by atoms with E-state index in [9.17, 15) is 0 Å². The van der Waals surface area contributed by atoms with Crippen molar-refractivity contribution in [3.8, 4) is 11.3 Å². The SMILES string of the molecule is CCc1nc(-c2ccc(Cl)cc2Cl)c(CC)nc1N[C@H]1c2ccsc2CC[C@H]1CC. The molecule has 0 spiro atoms. The van der Waals surface area contributed by atoms with E-state index in [0.29, 0.717) is 22.0 Å². The lowest BCUT2D eigenvalue weighted by molar-refractivity contribution is 0.389. The molecule has 6 heteroatoms. The van der Waals surface area contributed by atoms with Gasteiger partial charge in [0, 0.05) is 15.5 Å². The minimum Gasteiger partial charge on any atom is -0.361 e. The van der Waals surface area contributed by atoms with Gasteiger partial charge in [0.2, 0.25) is 0 Å². The van der Waals surface area contributed by atoms with Crippen LogP contribution in [0.5, 0.6) is 0 Å². The Balaban J connectivity index is 1.76. The van der Waals surface area contributed by atoms with Crippen LogP contribution in [0.2, 0.25) is 10.0 Å². The number of aromatic nitrogens is 2. The molecule has 2 heterocycles. The minimum atomic E-state index is 0.291. The molecule has 3 aromatic rings. The highest BCUT2D eigenvalue weighted by atomic mass is 35.5. The van der Waals surface area contributed by atoms with Crippen LogP contribution in [0.25, 0.3) is 11.3 Å². The number of fused-ring (bicyclic) bond motifs is 1. The van der Waals surface area contributed by atoms with E-state index in [2.05, 4.69) is 37.5 Å². The van der Waals surface area contributed by atoms with Crippen molar-refractivity contribution in [2.45, 2.75) is 58.9 Å². The number of hydrogen-bond donors (Lipinski definition) is 1. The van der Waals surface area contributed by atoms with Gasteiger partial charge in [-0.25, -0.2) is 9.97 Å². The molecule has 2 atom stereocenters. The van der Waals surface area contributed by atoms with Crippen molar-refractivity contribution in [1.82, 2.24) is 9.97 Å². The lowest BCUT2D eigenvalue weighted by Crippen LogP contribution is -2.26. The van der Waals surface area contributed by atoms with Gasteiger partial charge in [-0.3, -0.25) is 0 Å². The molecule has 158 valence electrons. The molecule has 0 amide bonds. The predicted octanol–water partition coefficient (Wildman–Crippen LogP) is 7.76. The number of benzene rings is 1. The summed E-state index contributed by atoms with van der Waals surface area (Å²) in [5, 5.41) is 7.25. The van der Waals surface area contributed by atoms with Crippen LogP contribution in [-0.2, 0) is 19.3 Å². The number of thiophene rings is 1. The standard InChI is InChI=1S/C24H27Cl2N3S/c1-4-14-7-10-21-17(11-12-30-21)22(14)29-24-20(6-3)27-23(19(5-2)28-24)16-9-8-15(25)13-18(16)26/h8-9,11-14,22H,4-7,10H2,1-3H3,(H,28,29)/t14-,22-/m1/s1. The smallest absolute Gasteiger partial charge is 0.148 e. The zero-order valence-corrected chi connectivity index (χ0v) is 20.0. The van der Waals surface area contributed by atoms with Gasteiger partial charge in [-0.05, 0) is 66.8 Å². The Morgan fingerprint density at radius 3 is 2.57 bits per heavy atom. The maximum atomic E-state index is 6.50. The summed E-state index contributed by atoms with van der Waals surface area (Å²) >= 11 is 14.5. The second-order valence-electron chi connectivity index (χ2n) is 7.77. The van der Waals surface area contributed by atoms with E-state index in [1.165, 1.54) is 23.3 Å². The molecule has 0 bridgehead atoms. The first-order valence-corrected chi connectivity index (χ1v) is 12.4. The minimum absolute atomic E-state index is 0.291. The quantitative estimate of drug-likeness (QED) is 0.408. The molecule has 1 aliphatic rings. The first-order valence-electron chi connectivity index (χ1n) is 10.7. The number of aryl methyl sites for hydroxylation is 3. The van der Waals surface area contributed by atoms with Crippen LogP contribution in [0.3, 0.4) is 0 Å². The third-order valence-corrected chi connectivity index (χ3v) is 7.59. The lowest BCUT2D eigenvalue weighted by Gasteiger charge is -2.33. The van der Waals surface area contributed by atoms with Crippen LogP contribution in [0.1, 0.15) is 61.5 Å². The maximum absolute atomic E-state index is 6.50. The van der Waals surface area contributed by atoms with Crippen LogP contribution < -0.4 is 5.32 Å². The van der Waals surface area contributed by atoms with Gasteiger partial charge in [0.25, 0.3) is 0 Å². The Morgan fingerprint density at radius 2 is 1.87 bits per heavy atom. The Morgan fingerprint density at radius 1 is 1.07 bits per heavy atom. The van der Waals surface area contributed by atoms with Gasteiger partial charge >= 0.3 is 0 Å². The molecule has 4 rings (SSSR count). The normalized spacial score (nSPS) is 18.3. The average molecular weight is 460 g/mol. The molecule has 0 aliphatic heterocycles. The van der Waals surface area contributed by atoms with Crippen molar-refractivity contribution in [2.24, 2.45) is 5.92 Å². The largest absolute Gasteiger partial charge is 0.361 e. The fourth-order valence-electron chi connectivity index (χ4n) is 4.36. The Kier molecular flexibility index (Phi) is 6.66. The molecule has 0 saturated carbocycles. The van der Waals surface area contributed by atoms with Gasteiger partial charge in [-0.2, -0.15) is 0 Å². The molecule has 3 nitrogen and oxygen atoms in total. The summed E-state index contributed by atoms with van der Waals surface area (Å²) in [6, 6.07) is 8.13. The first kappa shape index (κ1) is 21.6. The van der Waals surface area contributed by atoms with Gasteiger partial charge in [0.1, 0.15) is 5.82 Å². The summed E-state index contributed by atoms with van der Waals surface area (Å²) in [6.45, 7) is 6.52. The van der Waals surface area contributed by atoms with Gasteiger partial charge in [0.05, 0.1) is 28.1 Å². The van der Waals surface area contributed by atoms with Crippen molar-refractivity contribution in [3.63, 3.8) is 0 Å². The van der Waals surface area contributed by atoms with E-state index in [4.69, 9.17) is 33.2 Å². The van der Waals surface area contributed by atoms with Crippen LogP contribution in [0, 0.1) is 5.92 Å². The molecule has 30 heavy (non-hydrogen) atoms. The van der Waals surface area contributed by atoms with Crippen LogP contribution >= 0.6 is 34.5 Å². The van der Waals surface area contributed by atoms with Gasteiger partial charge in [0.15, 0.2) is 0 Å². The van der Waals surface area contributed by atoms with Crippen LogP contribution in [-0.4, -0.2) is 9.97 Å². The molecule has 0 saturated heterocycles. The zero-order valence-electron chi connectivity index (χ0n) is 17.6. The number of nitrogens with one attached hydrogen (secondary N) is 1. The van der Waals surface area contributed by atoms with Crippen LogP contribution in [0.15, 0.2) is 29.6 Å². The summed E-state index contributed by atoms with van der Waals surface area (Å²) in [6.07, 6.45) is 5.14. The highest BCUT2D eigenvalue weighted by Gasteiger charge is 2.30. The zero-order chi connectivity index (χ0) is 21.3. The van der Waals surface area contributed by atoms with E-state index >= 15 is 0 Å². The third-order valence-electron chi connectivity index (χ3n) is 6.04. The summed E-state index contributed by atoms with van der Waals surface area (Å²) in [5.41, 5.74) is 5.10. The fraction of sp³-hybridized carbons (Fsp3) is 0.417. The number of nitrogens with zero attached hydrogens (tertiary/aromatic N) is 2. The number of anilines is 1.